The number of halogens is 3. The molecular formula is C17H20F3N3O2. The number of nitrogens with two attached hydrogens (primary N) is 1. The minimum atomic E-state index is -4.44. The highest BCUT2D eigenvalue weighted by Gasteiger charge is 2.62. The summed E-state index contributed by atoms with van der Waals surface area (Å²) in [5.41, 5.74) is 4.40. The van der Waals surface area contributed by atoms with Gasteiger partial charge in [0.05, 0.1) is 18.2 Å². The standard InChI is InChI=1S/C17H20F3N3O2/c1-10(12-3-2-4-13(5-12)17(18,19)20)23(14(24)9-22-15(21)25)16-6-11(7-16)8-16/h2-5,10-11H,6-9H2,1H3,(H3,21,22,25). The number of amides is 3. The first-order valence-corrected chi connectivity index (χ1v) is 8.15. The Labute approximate surface area is 143 Å². The van der Waals surface area contributed by atoms with Crippen LogP contribution in [-0.2, 0) is 11.0 Å². The zero-order chi connectivity index (χ0) is 18.4. The molecule has 4 rings (SSSR count). The molecule has 1 aromatic carbocycles. The number of benzene rings is 1. The van der Waals surface area contributed by atoms with Gasteiger partial charge in [0, 0.05) is 5.54 Å². The number of urea groups is 1. The second-order valence-electron chi connectivity index (χ2n) is 6.98. The number of alkyl halides is 3. The fourth-order valence-corrected chi connectivity index (χ4v) is 3.99. The van der Waals surface area contributed by atoms with Crippen LogP contribution in [0.4, 0.5) is 18.0 Å². The maximum atomic E-state index is 13.0. The Morgan fingerprint density at radius 1 is 1.36 bits per heavy atom. The van der Waals surface area contributed by atoms with Crippen molar-refractivity contribution in [2.24, 2.45) is 11.7 Å². The van der Waals surface area contributed by atoms with Crippen LogP contribution in [0.2, 0.25) is 0 Å². The molecule has 1 atom stereocenters. The average molecular weight is 355 g/mol. The van der Waals surface area contributed by atoms with Gasteiger partial charge in [0.15, 0.2) is 0 Å². The van der Waals surface area contributed by atoms with Crippen molar-refractivity contribution in [3.05, 3.63) is 35.4 Å². The quantitative estimate of drug-likeness (QED) is 0.852. The van der Waals surface area contributed by atoms with Gasteiger partial charge in [-0.15, -0.1) is 0 Å². The molecule has 8 heteroatoms. The Hall–Kier alpha value is -2.25. The van der Waals surface area contributed by atoms with Crippen LogP contribution in [0.1, 0.15) is 43.4 Å². The van der Waals surface area contributed by atoms with E-state index in [4.69, 9.17) is 5.73 Å². The molecule has 3 amide bonds. The predicted octanol–water partition coefficient (Wildman–Crippen LogP) is 2.82. The smallest absolute Gasteiger partial charge is 0.352 e. The molecule has 0 radical (unpaired) electrons. The number of nitrogens with one attached hydrogen (secondary N) is 1. The second-order valence-corrected chi connectivity index (χ2v) is 6.98. The Bertz CT molecular complexity index is 688. The summed E-state index contributed by atoms with van der Waals surface area (Å²) >= 11 is 0. The monoisotopic (exact) mass is 355 g/mol. The molecule has 0 aliphatic heterocycles. The van der Waals surface area contributed by atoms with Crippen LogP contribution >= 0.6 is 0 Å². The van der Waals surface area contributed by atoms with Crippen molar-refractivity contribution in [2.45, 2.75) is 43.9 Å². The van der Waals surface area contributed by atoms with Crippen molar-refractivity contribution in [3.8, 4) is 0 Å². The van der Waals surface area contributed by atoms with Crippen molar-refractivity contribution in [1.29, 1.82) is 0 Å². The minimum Gasteiger partial charge on any atom is -0.352 e. The highest BCUT2D eigenvalue weighted by Crippen LogP contribution is 2.62. The zero-order valence-electron chi connectivity index (χ0n) is 13.8. The first kappa shape index (κ1) is 17.6. The lowest BCUT2D eigenvalue weighted by atomic mass is 9.48. The van der Waals surface area contributed by atoms with Crippen LogP contribution in [-0.4, -0.2) is 28.9 Å². The molecule has 5 nitrogen and oxygen atoms in total. The Morgan fingerprint density at radius 2 is 2.00 bits per heavy atom. The van der Waals surface area contributed by atoms with Gasteiger partial charge < -0.3 is 16.0 Å². The lowest BCUT2D eigenvalue weighted by Crippen LogP contribution is -2.70. The van der Waals surface area contributed by atoms with Gasteiger partial charge >= 0.3 is 12.2 Å². The summed E-state index contributed by atoms with van der Waals surface area (Å²) in [4.78, 5) is 25.2. The highest BCUT2D eigenvalue weighted by atomic mass is 19.4. The van der Waals surface area contributed by atoms with Gasteiger partial charge in [0.2, 0.25) is 5.91 Å². The fraction of sp³-hybridized carbons (Fsp3) is 0.529. The Balaban J connectivity index is 1.86. The number of hydrogen-bond donors (Lipinski definition) is 2. The topological polar surface area (TPSA) is 75.4 Å². The van der Waals surface area contributed by atoms with Crippen molar-refractivity contribution >= 4 is 11.9 Å². The summed E-state index contributed by atoms with van der Waals surface area (Å²) in [6.07, 6.45) is -1.86. The minimum absolute atomic E-state index is 0.259. The van der Waals surface area contributed by atoms with E-state index < -0.39 is 23.8 Å². The van der Waals surface area contributed by atoms with Crippen LogP contribution in [0.5, 0.6) is 0 Å². The van der Waals surface area contributed by atoms with Crippen LogP contribution in [0.25, 0.3) is 0 Å². The molecule has 2 bridgehead atoms. The van der Waals surface area contributed by atoms with Crippen LogP contribution < -0.4 is 11.1 Å². The molecule has 3 aliphatic rings. The van der Waals surface area contributed by atoms with Crippen molar-refractivity contribution in [3.63, 3.8) is 0 Å². The van der Waals surface area contributed by atoms with Crippen LogP contribution in [0, 0.1) is 5.92 Å². The van der Waals surface area contributed by atoms with Crippen molar-refractivity contribution in [2.75, 3.05) is 6.54 Å². The maximum absolute atomic E-state index is 13.0. The Morgan fingerprint density at radius 3 is 2.48 bits per heavy atom. The zero-order valence-corrected chi connectivity index (χ0v) is 13.8. The lowest BCUT2D eigenvalue weighted by Gasteiger charge is -2.67. The van der Waals surface area contributed by atoms with E-state index in [9.17, 15) is 22.8 Å². The van der Waals surface area contributed by atoms with Crippen molar-refractivity contribution in [1.82, 2.24) is 10.2 Å². The molecule has 25 heavy (non-hydrogen) atoms. The number of rotatable bonds is 5. The number of nitrogens with zero attached hydrogens (tertiary/aromatic N) is 1. The van der Waals surface area contributed by atoms with E-state index in [2.05, 4.69) is 5.32 Å². The second kappa shape index (κ2) is 5.93. The summed E-state index contributed by atoms with van der Waals surface area (Å²) in [6, 6.07) is 3.70. The normalized spacial score (nSPS) is 25.4. The third-order valence-electron chi connectivity index (χ3n) is 5.28. The third-order valence-corrected chi connectivity index (χ3v) is 5.28. The van der Waals surface area contributed by atoms with Crippen LogP contribution in [0.15, 0.2) is 24.3 Å². The first-order valence-electron chi connectivity index (χ1n) is 8.15. The van der Waals surface area contributed by atoms with Gasteiger partial charge in [-0.2, -0.15) is 13.2 Å². The van der Waals surface area contributed by atoms with Gasteiger partial charge in [0.1, 0.15) is 0 Å². The van der Waals surface area contributed by atoms with Gasteiger partial charge in [-0.25, -0.2) is 4.79 Å². The van der Waals surface area contributed by atoms with E-state index >= 15 is 0 Å². The van der Waals surface area contributed by atoms with Crippen LogP contribution in [0.3, 0.4) is 0 Å². The molecule has 3 saturated carbocycles. The number of carbonyl (C=O) groups is 2. The highest BCUT2D eigenvalue weighted by molar-refractivity contribution is 5.84. The van der Waals surface area contributed by atoms with Gasteiger partial charge in [0.25, 0.3) is 0 Å². The molecule has 1 unspecified atom stereocenters. The SMILES string of the molecule is CC(c1cccc(C(F)(F)F)c1)N(C(=O)CNC(N)=O)C12CC(C1)C2. The third kappa shape index (κ3) is 3.17. The van der Waals surface area contributed by atoms with Gasteiger partial charge in [-0.1, -0.05) is 12.1 Å². The van der Waals surface area contributed by atoms with E-state index in [-0.39, 0.29) is 18.0 Å². The summed E-state index contributed by atoms with van der Waals surface area (Å²) in [7, 11) is 0. The number of carbonyl (C=O) groups excluding carboxylic acids is 2. The summed E-state index contributed by atoms with van der Waals surface area (Å²) in [5.74, 6) is 0.259. The molecule has 0 spiro atoms. The van der Waals surface area contributed by atoms with Gasteiger partial charge in [-0.05, 0) is 49.8 Å². The molecule has 1 aromatic rings. The summed E-state index contributed by atoms with van der Waals surface area (Å²) in [6.45, 7) is 1.46. The van der Waals surface area contributed by atoms with E-state index in [0.717, 1.165) is 31.4 Å². The number of hydrogen-bond acceptors (Lipinski definition) is 2. The molecule has 136 valence electrons. The van der Waals surface area contributed by atoms with Gasteiger partial charge in [-0.3, -0.25) is 4.79 Å². The van der Waals surface area contributed by atoms with E-state index in [1.54, 1.807) is 17.9 Å². The largest absolute Gasteiger partial charge is 0.416 e. The molecular weight excluding hydrogens is 335 g/mol. The molecule has 0 saturated heterocycles. The fourth-order valence-electron chi connectivity index (χ4n) is 3.99. The van der Waals surface area contributed by atoms with E-state index in [1.165, 1.54) is 6.07 Å². The van der Waals surface area contributed by atoms with Crippen molar-refractivity contribution < 1.29 is 22.8 Å². The summed E-state index contributed by atoms with van der Waals surface area (Å²) < 4.78 is 38.9. The van der Waals surface area contributed by atoms with E-state index in [1.807, 2.05) is 0 Å². The average Bonchev–Trinajstić information content (AvgIpc) is 2.45. The maximum Gasteiger partial charge on any atom is 0.416 e. The lowest BCUT2D eigenvalue weighted by molar-refractivity contribution is -0.179. The first-order chi connectivity index (χ1) is 11.6. The molecule has 0 heterocycles. The summed E-state index contributed by atoms with van der Waals surface area (Å²) in [5, 5.41) is 2.27. The van der Waals surface area contributed by atoms with E-state index in [0.29, 0.717) is 11.5 Å². The molecule has 3 N–H and O–H groups in total. The molecule has 3 fully saturated rings. The number of primary amides is 1. The Kier molecular flexibility index (Phi) is 4.17. The molecule has 0 aromatic heterocycles. The predicted molar refractivity (Wildman–Crippen MR) is 84.4 cm³/mol. The molecule has 3 aliphatic carbocycles.